The second-order valence-corrected chi connectivity index (χ2v) is 10.7. The van der Waals surface area contributed by atoms with Gasteiger partial charge >= 0.3 is 0 Å². The maximum Gasteiger partial charge on any atom is 0.244 e. The van der Waals surface area contributed by atoms with E-state index in [2.05, 4.69) is 33.8 Å². The van der Waals surface area contributed by atoms with Crippen LogP contribution in [0.1, 0.15) is 28.4 Å². The Kier molecular flexibility index (Phi) is 8.90. The third kappa shape index (κ3) is 7.43. The molecule has 5 rings (SSSR count). The Morgan fingerprint density at radius 1 is 0.821 bits per heavy atom. The zero-order chi connectivity index (χ0) is 27.2. The molecule has 0 saturated heterocycles. The summed E-state index contributed by atoms with van der Waals surface area (Å²) in [5.41, 5.74) is 4.20. The summed E-state index contributed by atoms with van der Waals surface area (Å²) in [5, 5.41) is 1.87. The fourth-order valence-electron chi connectivity index (χ4n) is 4.28. The van der Waals surface area contributed by atoms with E-state index >= 15 is 0 Å². The summed E-state index contributed by atoms with van der Waals surface area (Å²) in [6.07, 6.45) is 5.89. The molecule has 4 aromatic carbocycles. The summed E-state index contributed by atoms with van der Waals surface area (Å²) in [5.74, 6) is 1.68. The number of halogens is 3. The summed E-state index contributed by atoms with van der Waals surface area (Å²) in [7, 11) is 0. The Balaban J connectivity index is 1.26. The van der Waals surface area contributed by atoms with Gasteiger partial charge in [-0.3, -0.25) is 0 Å². The number of ether oxygens (including phenoxy) is 2. The van der Waals surface area contributed by atoms with E-state index in [4.69, 9.17) is 44.3 Å². The van der Waals surface area contributed by atoms with Gasteiger partial charge in [-0.05, 0) is 66.1 Å². The third-order valence-electron chi connectivity index (χ3n) is 6.41. The molecule has 0 spiro atoms. The molecular formula is C32H28Cl3N2O2+. The van der Waals surface area contributed by atoms with Crippen LogP contribution in [-0.4, -0.2) is 4.57 Å². The lowest BCUT2D eigenvalue weighted by molar-refractivity contribution is -0.687. The van der Waals surface area contributed by atoms with Crippen LogP contribution in [-0.2, 0) is 24.4 Å². The van der Waals surface area contributed by atoms with Gasteiger partial charge in [-0.1, -0.05) is 83.3 Å². The summed E-state index contributed by atoms with van der Waals surface area (Å²) < 4.78 is 16.6. The van der Waals surface area contributed by atoms with E-state index in [0.29, 0.717) is 28.2 Å². The fourth-order valence-corrected chi connectivity index (χ4v) is 4.94. The molecular weight excluding hydrogens is 551 g/mol. The van der Waals surface area contributed by atoms with E-state index in [1.54, 1.807) is 6.07 Å². The zero-order valence-corrected chi connectivity index (χ0v) is 23.7. The number of para-hydroxylation sites is 1. The van der Waals surface area contributed by atoms with Crippen molar-refractivity contribution in [3.63, 3.8) is 0 Å². The lowest BCUT2D eigenvalue weighted by Crippen LogP contribution is -2.31. The minimum Gasteiger partial charge on any atom is -0.457 e. The minimum atomic E-state index is -0.274. The fraction of sp³-hybridized carbons (Fsp3) is 0.156. The van der Waals surface area contributed by atoms with Crippen molar-refractivity contribution in [2.24, 2.45) is 0 Å². The monoisotopic (exact) mass is 577 g/mol. The summed E-state index contributed by atoms with van der Waals surface area (Å²) in [6.45, 7) is 3.79. The molecule has 5 aromatic rings. The summed E-state index contributed by atoms with van der Waals surface area (Å²) in [6, 6.07) is 29.3. The molecule has 39 heavy (non-hydrogen) atoms. The highest BCUT2D eigenvalue weighted by atomic mass is 35.5. The number of aromatic nitrogens is 2. The first kappa shape index (κ1) is 27.3. The summed E-state index contributed by atoms with van der Waals surface area (Å²) in [4.78, 5) is 0. The third-order valence-corrected chi connectivity index (χ3v) is 7.22. The number of hydrogen-bond donors (Lipinski definition) is 0. The highest BCUT2D eigenvalue weighted by Crippen LogP contribution is 2.31. The highest BCUT2D eigenvalue weighted by Gasteiger charge is 2.20. The van der Waals surface area contributed by atoms with Crippen molar-refractivity contribution in [3.8, 4) is 11.5 Å². The first-order valence-corrected chi connectivity index (χ1v) is 13.7. The lowest BCUT2D eigenvalue weighted by atomic mass is 10.1. The zero-order valence-electron chi connectivity index (χ0n) is 21.4. The van der Waals surface area contributed by atoms with E-state index in [0.717, 1.165) is 34.7 Å². The van der Waals surface area contributed by atoms with Gasteiger partial charge in [0.05, 0.1) is 6.61 Å². The van der Waals surface area contributed by atoms with E-state index < -0.39 is 0 Å². The van der Waals surface area contributed by atoms with Gasteiger partial charge < -0.3 is 9.47 Å². The minimum absolute atomic E-state index is 0.274. The van der Waals surface area contributed by atoms with Gasteiger partial charge in [0.25, 0.3) is 0 Å². The maximum absolute atomic E-state index is 6.57. The molecule has 0 aliphatic carbocycles. The molecule has 0 bridgehead atoms. The van der Waals surface area contributed by atoms with E-state index in [1.165, 1.54) is 5.56 Å². The quantitative estimate of drug-likeness (QED) is 0.155. The van der Waals surface area contributed by atoms with Crippen LogP contribution >= 0.6 is 34.8 Å². The SMILES string of the molecule is Cc1ccccc1Oc1ccc(C[n+]2ccn(CC(OCc3ccc(Cl)cc3)c3ccc(Cl)cc3Cl)c2)cc1. The number of rotatable bonds is 10. The highest BCUT2D eigenvalue weighted by molar-refractivity contribution is 6.35. The standard InChI is InChI=1S/C32H28Cl3N2O2/c1-23-4-2-3-5-31(23)39-28-13-8-24(9-14-28)19-36-16-17-37(22-36)20-32(29-15-12-27(34)18-30(29)35)38-21-25-6-10-26(33)11-7-25/h2-18,22,32H,19-21H2,1H3/q+1. The first-order chi connectivity index (χ1) is 18.9. The molecule has 198 valence electrons. The average Bonchev–Trinajstić information content (AvgIpc) is 3.37. The van der Waals surface area contributed by atoms with Crippen LogP contribution in [0.5, 0.6) is 11.5 Å². The van der Waals surface area contributed by atoms with Gasteiger partial charge in [0.2, 0.25) is 6.33 Å². The molecule has 1 atom stereocenters. The van der Waals surface area contributed by atoms with Gasteiger partial charge in [0.15, 0.2) is 0 Å². The van der Waals surface area contributed by atoms with Gasteiger partial charge in [-0.2, -0.15) is 0 Å². The van der Waals surface area contributed by atoms with Crippen LogP contribution in [0.25, 0.3) is 0 Å². The molecule has 0 saturated carbocycles. The van der Waals surface area contributed by atoms with Gasteiger partial charge in [-0.15, -0.1) is 0 Å². The predicted molar refractivity (Wildman–Crippen MR) is 157 cm³/mol. The molecule has 0 aliphatic heterocycles. The smallest absolute Gasteiger partial charge is 0.244 e. The topological polar surface area (TPSA) is 27.3 Å². The number of imidazole rings is 1. The van der Waals surface area contributed by atoms with Crippen molar-refractivity contribution in [2.75, 3.05) is 0 Å². The Bertz CT molecular complexity index is 1530. The first-order valence-electron chi connectivity index (χ1n) is 12.6. The van der Waals surface area contributed by atoms with Crippen molar-refractivity contribution in [2.45, 2.75) is 32.7 Å². The molecule has 1 aromatic heterocycles. The Morgan fingerprint density at radius 2 is 1.54 bits per heavy atom. The maximum atomic E-state index is 6.57. The number of aryl methyl sites for hydroxylation is 1. The van der Waals surface area contributed by atoms with Crippen LogP contribution in [0.3, 0.4) is 0 Å². The van der Waals surface area contributed by atoms with Gasteiger partial charge in [0, 0.05) is 20.6 Å². The van der Waals surface area contributed by atoms with E-state index in [9.17, 15) is 0 Å². The van der Waals surface area contributed by atoms with Gasteiger partial charge in [0.1, 0.15) is 43.1 Å². The van der Waals surface area contributed by atoms with Crippen molar-refractivity contribution in [1.82, 2.24) is 4.57 Å². The van der Waals surface area contributed by atoms with E-state index in [1.807, 2.05) is 85.9 Å². The van der Waals surface area contributed by atoms with Gasteiger partial charge in [-0.25, -0.2) is 9.13 Å². The molecule has 1 unspecified atom stereocenters. The Morgan fingerprint density at radius 3 is 2.28 bits per heavy atom. The Hall–Kier alpha value is -3.28. The normalized spacial score (nSPS) is 11.9. The largest absolute Gasteiger partial charge is 0.457 e. The van der Waals surface area contributed by atoms with Crippen LogP contribution in [0.15, 0.2) is 110 Å². The van der Waals surface area contributed by atoms with E-state index in [-0.39, 0.29) is 6.10 Å². The van der Waals surface area contributed by atoms with Crippen molar-refractivity contribution in [3.05, 3.63) is 147 Å². The number of hydrogen-bond acceptors (Lipinski definition) is 2. The molecule has 0 fully saturated rings. The lowest BCUT2D eigenvalue weighted by Gasteiger charge is -2.18. The molecule has 4 nitrogen and oxygen atoms in total. The number of nitrogens with zero attached hydrogens (tertiary/aromatic N) is 2. The second-order valence-electron chi connectivity index (χ2n) is 9.39. The molecule has 0 N–H and O–H groups in total. The van der Waals surface area contributed by atoms with Crippen LogP contribution in [0, 0.1) is 6.92 Å². The number of benzene rings is 4. The van der Waals surface area contributed by atoms with Crippen LogP contribution < -0.4 is 9.30 Å². The average molecular weight is 579 g/mol. The van der Waals surface area contributed by atoms with Crippen molar-refractivity contribution in [1.29, 1.82) is 0 Å². The molecule has 0 aliphatic rings. The van der Waals surface area contributed by atoms with Crippen molar-refractivity contribution < 1.29 is 14.0 Å². The van der Waals surface area contributed by atoms with Crippen molar-refractivity contribution >= 4 is 34.8 Å². The molecule has 0 amide bonds. The second kappa shape index (κ2) is 12.7. The predicted octanol–water partition coefficient (Wildman–Crippen LogP) is 8.84. The molecule has 7 heteroatoms. The summed E-state index contributed by atoms with van der Waals surface area (Å²) >= 11 is 18.8. The Labute approximate surface area is 243 Å². The van der Waals surface area contributed by atoms with Crippen LogP contribution in [0.4, 0.5) is 0 Å². The molecule has 0 radical (unpaired) electrons. The molecule has 1 heterocycles. The van der Waals surface area contributed by atoms with Crippen LogP contribution in [0.2, 0.25) is 15.1 Å².